The highest BCUT2D eigenvalue weighted by atomic mass is 32.2. The fourth-order valence-corrected chi connectivity index (χ4v) is 4.58. The zero-order chi connectivity index (χ0) is 21.3. The minimum absolute atomic E-state index is 0.0148. The van der Waals surface area contributed by atoms with Gasteiger partial charge in [0.05, 0.1) is 11.1 Å². The third-order valence-electron chi connectivity index (χ3n) is 5.02. The van der Waals surface area contributed by atoms with Crippen molar-refractivity contribution in [3.8, 4) is 0 Å². The summed E-state index contributed by atoms with van der Waals surface area (Å²) in [7, 11) is 1.48. The van der Waals surface area contributed by atoms with E-state index in [2.05, 4.69) is 12.0 Å². The molecule has 0 radical (unpaired) electrons. The Morgan fingerprint density at radius 1 is 1.13 bits per heavy atom. The SMILES string of the molecule is CC1CCN(C(=O)COC(=O)c2nn(C)c(=O)c3ccccc23)c2ccccc2S1. The maximum atomic E-state index is 12.9. The summed E-state index contributed by atoms with van der Waals surface area (Å²) in [5.74, 6) is -1.03. The van der Waals surface area contributed by atoms with Crippen molar-refractivity contribution in [1.29, 1.82) is 0 Å². The zero-order valence-corrected chi connectivity index (χ0v) is 17.5. The number of benzene rings is 2. The van der Waals surface area contributed by atoms with Gasteiger partial charge in [-0.25, -0.2) is 9.48 Å². The molecule has 0 spiro atoms. The third-order valence-corrected chi connectivity index (χ3v) is 6.26. The summed E-state index contributed by atoms with van der Waals surface area (Å²) >= 11 is 1.74. The predicted molar refractivity (Wildman–Crippen MR) is 116 cm³/mol. The quantitative estimate of drug-likeness (QED) is 0.603. The van der Waals surface area contributed by atoms with Crippen LogP contribution in [0.2, 0.25) is 0 Å². The first-order valence-electron chi connectivity index (χ1n) is 9.65. The van der Waals surface area contributed by atoms with Crippen molar-refractivity contribution in [2.75, 3.05) is 18.1 Å². The predicted octanol–water partition coefficient (Wildman–Crippen LogP) is 3.01. The first-order chi connectivity index (χ1) is 14.5. The van der Waals surface area contributed by atoms with Crippen LogP contribution in [0.3, 0.4) is 0 Å². The van der Waals surface area contributed by atoms with Crippen LogP contribution in [-0.2, 0) is 16.6 Å². The highest BCUT2D eigenvalue weighted by molar-refractivity contribution is 8.00. The lowest BCUT2D eigenvalue weighted by molar-refractivity contribution is -0.121. The lowest BCUT2D eigenvalue weighted by Crippen LogP contribution is -2.36. The smallest absolute Gasteiger partial charge is 0.359 e. The molecule has 1 aromatic heterocycles. The average molecular weight is 423 g/mol. The van der Waals surface area contributed by atoms with Gasteiger partial charge in [0.15, 0.2) is 12.3 Å². The van der Waals surface area contributed by atoms with Gasteiger partial charge in [-0.2, -0.15) is 5.10 Å². The van der Waals surface area contributed by atoms with Gasteiger partial charge in [0.1, 0.15) is 0 Å². The van der Waals surface area contributed by atoms with Crippen LogP contribution in [0.4, 0.5) is 5.69 Å². The second-order valence-corrected chi connectivity index (χ2v) is 8.61. The van der Waals surface area contributed by atoms with Gasteiger partial charge in [0, 0.05) is 29.1 Å². The van der Waals surface area contributed by atoms with Gasteiger partial charge in [0.25, 0.3) is 11.5 Å². The van der Waals surface area contributed by atoms with E-state index in [4.69, 9.17) is 4.74 Å². The molecule has 154 valence electrons. The van der Waals surface area contributed by atoms with E-state index in [1.807, 2.05) is 24.3 Å². The van der Waals surface area contributed by atoms with Crippen molar-refractivity contribution < 1.29 is 14.3 Å². The molecular weight excluding hydrogens is 402 g/mol. The van der Waals surface area contributed by atoms with Crippen molar-refractivity contribution >= 4 is 40.1 Å². The Morgan fingerprint density at radius 3 is 2.63 bits per heavy atom. The standard InChI is InChI=1S/C22H21N3O4S/c1-14-11-12-25(17-9-5-6-10-18(17)30-14)19(26)13-29-22(28)20-15-7-3-4-8-16(15)21(27)24(2)23-20/h3-10,14H,11-13H2,1-2H3. The summed E-state index contributed by atoms with van der Waals surface area (Å²) in [6, 6.07) is 14.5. The highest BCUT2D eigenvalue weighted by Gasteiger charge is 2.25. The molecule has 1 aliphatic rings. The van der Waals surface area contributed by atoms with E-state index in [1.165, 1.54) is 7.05 Å². The number of nitrogens with zero attached hydrogens (tertiary/aromatic N) is 3. The molecule has 0 bridgehead atoms. The molecule has 0 N–H and O–H groups in total. The van der Waals surface area contributed by atoms with Crippen LogP contribution in [0.15, 0.2) is 58.2 Å². The number of ether oxygens (including phenoxy) is 1. The van der Waals surface area contributed by atoms with E-state index in [9.17, 15) is 14.4 Å². The van der Waals surface area contributed by atoms with Crippen molar-refractivity contribution in [2.24, 2.45) is 7.05 Å². The molecule has 0 aliphatic carbocycles. The largest absolute Gasteiger partial charge is 0.451 e. The number of hydrogen-bond donors (Lipinski definition) is 0. The number of carbonyl (C=O) groups excluding carboxylic acids is 2. The molecule has 0 saturated heterocycles. The van der Waals surface area contributed by atoms with E-state index < -0.39 is 12.6 Å². The number of esters is 1. The molecule has 4 rings (SSSR count). The van der Waals surface area contributed by atoms with Crippen molar-refractivity contribution in [2.45, 2.75) is 23.5 Å². The number of aryl methyl sites for hydroxylation is 1. The minimum atomic E-state index is -0.735. The molecular formula is C22H21N3O4S. The minimum Gasteiger partial charge on any atom is -0.451 e. The number of carbonyl (C=O) groups is 2. The summed E-state index contributed by atoms with van der Waals surface area (Å²) in [4.78, 5) is 40.5. The van der Waals surface area contributed by atoms with Gasteiger partial charge in [-0.15, -0.1) is 11.8 Å². The van der Waals surface area contributed by atoms with E-state index in [0.717, 1.165) is 21.7 Å². The molecule has 1 amide bonds. The molecule has 1 aliphatic heterocycles. The Bertz CT molecular complexity index is 1190. The molecule has 0 saturated carbocycles. The summed E-state index contributed by atoms with van der Waals surface area (Å²) in [5.41, 5.74) is 0.547. The van der Waals surface area contributed by atoms with Crippen LogP contribution < -0.4 is 10.5 Å². The van der Waals surface area contributed by atoms with Crippen molar-refractivity contribution in [3.05, 3.63) is 64.6 Å². The number of para-hydroxylation sites is 1. The first-order valence-corrected chi connectivity index (χ1v) is 10.5. The van der Waals surface area contributed by atoms with Crippen molar-refractivity contribution in [3.63, 3.8) is 0 Å². The van der Waals surface area contributed by atoms with Crippen LogP contribution >= 0.6 is 11.8 Å². The van der Waals surface area contributed by atoms with Gasteiger partial charge in [-0.3, -0.25) is 9.59 Å². The van der Waals surface area contributed by atoms with Crippen molar-refractivity contribution in [1.82, 2.24) is 9.78 Å². The van der Waals surface area contributed by atoms with Gasteiger partial charge < -0.3 is 9.64 Å². The lowest BCUT2D eigenvalue weighted by Gasteiger charge is -2.22. The topological polar surface area (TPSA) is 81.5 Å². The Morgan fingerprint density at radius 2 is 1.83 bits per heavy atom. The van der Waals surface area contributed by atoms with Gasteiger partial charge in [0.2, 0.25) is 0 Å². The lowest BCUT2D eigenvalue weighted by atomic mass is 10.1. The van der Waals surface area contributed by atoms with E-state index >= 15 is 0 Å². The zero-order valence-electron chi connectivity index (χ0n) is 16.7. The number of anilines is 1. The molecule has 3 aromatic rings. The number of amides is 1. The molecule has 8 heteroatoms. The van der Waals surface area contributed by atoms with Crippen LogP contribution in [0.1, 0.15) is 23.8 Å². The Balaban J connectivity index is 1.55. The molecule has 30 heavy (non-hydrogen) atoms. The number of fused-ring (bicyclic) bond motifs is 2. The number of aromatic nitrogens is 2. The monoisotopic (exact) mass is 423 g/mol. The molecule has 7 nitrogen and oxygen atoms in total. The van der Waals surface area contributed by atoms with Gasteiger partial charge >= 0.3 is 5.97 Å². The number of thioether (sulfide) groups is 1. The maximum absolute atomic E-state index is 12.9. The summed E-state index contributed by atoms with van der Waals surface area (Å²) in [6.45, 7) is 2.29. The molecule has 1 unspecified atom stereocenters. The second kappa shape index (κ2) is 8.31. The summed E-state index contributed by atoms with van der Waals surface area (Å²) in [5, 5.41) is 5.22. The third kappa shape index (κ3) is 3.82. The maximum Gasteiger partial charge on any atom is 0.359 e. The molecule has 0 fully saturated rings. The number of rotatable bonds is 3. The summed E-state index contributed by atoms with van der Waals surface area (Å²) in [6.07, 6.45) is 0.839. The average Bonchev–Trinajstić information content (AvgIpc) is 2.92. The van der Waals surface area contributed by atoms with Gasteiger partial charge in [-0.1, -0.05) is 37.3 Å². The fraction of sp³-hybridized carbons (Fsp3) is 0.273. The second-order valence-electron chi connectivity index (χ2n) is 7.13. The Labute approximate surface area is 177 Å². The molecule has 2 heterocycles. The van der Waals surface area contributed by atoms with Crippen LogP contribution in [-0.4, -0.2) is 40.1 Å². The highest BCUT2D eigenvalue weighted by Crippen LogP contribution is 2.37. The Hall–Kier alpha value is -3.13. The van der Waals surface area contributed by atoms with Crippen LogP contribution in [0.25, 0.3) is 10.8 Å². The fourth-order valence-electron chi connectivity index (χ4n) is 3.47. The van der Waals surface area contributed by atoms with E-state index in [-0.39, 0.29) is 17.2 Å². The van der Waals surface area contributed by atoms with Crippen LogP contribution in [0, 0.1) is 0 Å². The Kier molecular flexibility index (Phi) is 5.59. The summed E-state index contributed by atoms with van der Waals surface area (Å²) < 4.78 is 6.42. The normalized spacial score (nSPS) is 16.1. The van der Waals surface area contributed by atoms with E-state index in [1.54, 1.807) is 40.9 Å². The molecule has 1 atom stereocenters. The van der Waals surface area contributed by atoms with Gasteiger partial charge in [-0.05, 0) is 24.6 Å². The number of hydrogen-bond acceptors (Lipinski definition) is 6. The molecule has 2 aromatic carbocycles. The van der Waals surface area contributed by atoms with Crippen LogP contribution in [0.5, 0.6) is 0 Å². The first kappa shape index (κ1) is 20.2. The van der Waals surface area contributed by atoms with E-state index in [0.29, 0.717) is 22.6 Å².